The molecular formula is C6H15IN2. The van der Waals surface area contributed by atoms with Crippen molar-refractivity contribution in [1.29, 1.82) is 0 Å². The molecule has 0 unspecified atom stereocenters. The molecule has 1 saturated carbocycles. The van der Waals surface area contributed by atoms with E-state index >= 15 is 0 Å². The average Bonchev–Trinajstić information content (AvgIpc) is 1.77. The predicted molar refractivity (Wildman–Crippen MR) is 49.8 cm³/mol. The first-order valence-electron chi connectivity index (χ1n) is 3.30. The molecule has 1 aliphatic carbocycles. The van der Waals surface area contributed by atoms with Gasteiger partial charge in [0.05, 0.1) is 0 Å². The van der Waals surface area contributed by atoms with E-state index in [1.165, 1.54) is 0 Å². The Balaban J connectivity index is 0.000000640. The van der Waals surface area contributed by atoms with Crippen LogP contribution in [0.25, 0.3) is 0 Å². The van der Waals surface area contributed by atoms with Crippen LogP contribution in [0.5, 0.6) is 0 Å². The molecule has 0 radical (unpaired) electrons. The minimum Gasteiger partial charge on any atom is -0.328 e. The van der Waals surface area contributed by atoms with Crippen LogP contribution in [0.15, 0.2) is 0 Å². The zero-order chi connectivity index (χ0) is 5.98. The lowest BCUT2D eigenvalue weighted by molar-refractivity contribution is 0.395. The minimum absolute atomic E-state index is 0. The van der Waals surface area contributed by atoms with Crippen LogP contribution in [0.3, 0.4) is 0 Å². The summed E-state index contributed by atoms with van der Waals surface area (Å²) >= 11 is 0. The normalized spacial score (nSPS) is 35.3. The first-order valence-corrected chi connectivity index (χ1v) is 3.30. The van der Waals surface area contributed by atoms with Gasteiger partial charge in [-0.25, -0.2) is 0 Å². The Bertz CT molecular complexity index is 59.5. The van der Waals surface area contributed by atoms with E-state index in [2.05, 4.69) is 0 Å². The van der Waals surface area contributed by atoms with E-state index in [1.807, 2.05) is 0 Å². The van der Waals surface area contributed by atoms with Gasteiger partial charge in [0.1, 0.15) is 0 Å². The summed E-state index contributed by atoms with van der Waals surface area (Å²) in [4.78, 5) is 0. The monoisotopic (exact) mass is 242 g/mol. The molecule has 0 atom stereocenters. The number of hydrogen-bond donors (Lipinski definition) is 2. The second kappa shape index (κ2) is 4.46. The maximum Gasteiger partial charge on any atom is 0.00399 e. The Labute approximate surface area is 73.4 Å². The Morgan fingerprint density at radius 3 is 1.22 bits per heavy atom. The van der Waals surface area contributed by atoms with Gasteiger partial charge in [-0.15, -0.1) is 24.0 Å². The summed E-state index contributed by atoms with van der Waals surface area (Å²) in [5.74, 6) is 0. The Kier molecular flexibility index (Phi) is 4.79. The second-order valence-corrected chi connectivity index (χ2v) is 2.67. The van der Waals surface area contributed by atoms with Crippen molar-refractivity contribution in [3.63, 3.8) is 0 Å². The molecule has 0 spiro atoms. The molecule has 0 bridgehead atoms. The third kappa shape index (κ3) is 3.37. The van der Waals surface area contributed by atoms with Gasteiger partial charge in [-0.2, -0.15) is 0 Å². The van der Waals surface area contributed by atoms with Gasteiger partial charge in [0.2, 0.25) is 0 Å². The van der Waals surface area contributed by atoms with Crippen molar-refractivity contribution in [2.75, 3.05) is 0 Å². The van der Waals surface area contributed by atoms with Crippen LogP contribution in [-0.2, 0) is 0 Å². The molecule has 0 aromatic carbocycles. The highest BCUT2D eigenvalue weighted by molar-refractivity contribution is 14.0. The second-order valence-electron chi connectivity index (χ2n) is 2.67. The van der Waals surface area contributed by atoms with Crippen molar-refractivity contribution in [3.8, 4) is 0 Å². The van der Waals surface area contributed by atoms with Crippen molar-refractivity contribution >= 4 is 24.0 Å². The van der Waals surface area contributed by atoms with E-state index in [4.69, 9.17) is 11.5 Å². The van der Waals surface area contributed by atoms with Crippen LogP contribution in [0.1, 0.15) is 25.7 Å². The Morgan fingerprint density at radius 1 is 0.778 bits per heavy atom. The first-order chi connectivity index (χ1) is 3.79. The molecule has 1 rings (SSSR count). The molecule has 0 aromatic rings. The zero-order valence-corrected chi connectivity index (χ0v) is 7.88. The third-order valence-electron chi connectivity index (χ3n) is 1.82. The van der Waals surface area contributed by atoms with E-state index in [0.717, 1.165) is 25.7 Å². The first kappa shape index (κ1) is 9.65. The lowest BCUT2D eigenvalue weighted by atomic mass is 9.93. The van der Waals surface area contributed by atoms with Crippen LogP contribution in [0, 0.1) is 0 Å². The van der Waals surface area contributed by atoms with Crippen molar-refractivity contribution in [3.05, 3.63) is 0 Å². The fourth-order valence-electron chi connectivity index (χ4n) is 1.14. The Hall–Kier alpha value is 0.650. The van der Waals surface area contributed by atoms with Gasteiger partial charge in [0.25, 0.3) is 0 Å². The number of hydrogen-bond acceptors (Lipinski definition) is 2. The van der Waals surface area contributed by atoms with E-state index in [1.54, 1.807) is 0 Å². The van der Waals surface area contributed by atoms with Gasteiger partial charge in [0, 0.05) is 12.1 Å². The van der Waals surface area contributed by atoms with E-state index < -0.39 is 0 Å². The summed E-state index contributed by atoms with van der Waals surface area (Å²) in [5, 5.41) is 0. The zero-order valence-electron chi connectivity index (χ0n) is 5.55. The molecule has 1 fully saturated rings. The highest BCUT2D eigenvalue weighted by Crippen LogP contribution is 2.14. The minimum atomic E-state index is 0. The average molecular weight is 242 g/mol. The Morgan fingerprint density at radius 2 is 1.00 bits per heavy atom. The maximum atomic E-state index is 5.64. The summed E-state index contributed by atoms with van der Waals surface area (Å²) in [6, 6.07) is 0.879. The van der Waals surface area contributed by atoms with Gasteiger partial charge in [0.15, 0.2) is 0 Å². The van der Waals surface area contributed by atoms with E-state index in [-0.39, 0.29) is 24.0 Å². The van der Waals surface area contributed by atoms with Crippen LogP contribution in [-0.4, -0.2) is 12.1 Å². The largest absolute Gasteiger partial charge is 0.328 e. The smallest absolute Gasteiger partial charge is 0.00399 e. The van der Waals surface area contributed by atoms with Crippen LogP contribution >= 0.6 is 24.0 Å². The molecule has 0 amide bonds. The van der Waals surface area contributed by atoms with Crippen molar-refractivity contribution in [2.24, 2.45) is 11.5 Å². The predicted octanol–water partition coefficient (Wildman–Crippen LogP) is 0.833. The molecule has 0 aromatic heterocycles. The summed E-state index contributed by atoms with van der Waals surface area (Å²) in [6.07, 6.45) is 4.50. The molecule has 0 heterocycles. The van der Waals surface area contributed by atoms with Gasteiger partial charge in [-0.3, -0.25) is 0 Å². The molecular weight excluding hydrogens is 227 g/mol. The number of halogens is 1. The van der Waals surface area contributed by atoms with Crippen LogP contribution in [0.2, 0.25) is 0 Å². The SMILES string of the molecule is I.NC1CCC(N)CC1. The number of rotatable bonds is 0. The summed E-state index contributed by atoms with van der Waals surface area (Å²) in [6.45, 7) is 0. The van der Waals surface area contributed by atoms with Gasteiger partial charge in [-0.1, -0.05) is 0 Å². The summed E-state index contributed by atoms with van der Waals surface area (Å²) in [5.41, 5.74) is 11.3. The standard InChI is InChI=1S/C6H14N2.HI/c7-5-1-2-6(8)4-3-5;/h5-6H,1-4,7-8H2;1H. The molecule has 3 heteroatoms. The molecule has 0 saturated heterocycles. The maximum absolute atomic E-state index is 5.64. The third-order valence-corrected chi connectivity index (χ3v) is 1.82. The molecule has 9 heavy (non-hydrogen) atoms. The highest BCUT2D eigenvalue weighted by Gasteiger charge is 2.13. The molecule has 1 aliphatic rings. The lowest BCUT2D eigenvalue weighted by Crippen LogP contribution is -2.33. The molecule has 0 aliphatic heterocycles. The molecule has 56 valence electrons. The molecule has 2 nitrogen and oxygen atoms in total. The summed E-state index contributed by atoms with van der Waals surface area (Å²) < 4.78 is 0. The summed E-state index contributed by atoms with van der Waals surface area (Å²) in [7, 11) is 0. The van der Waals surface area contributed by atoms with Gasteiger partial charge >= 0.3 is 0 Å². The number of nitrogens with two attached hydrogens (primary N) is 2. The topological polar surface area (TPSA) is 52.0 Å². The van der Waals surface area contributed by atoms with Crippen molar-refractivity contribution in [2.45, 2.75) is 37.8 Å². The van der Waals surface area contributed by atoms with Crippen molar-refractivity contribution < 1.29 is 0 Å². The van der Waals surface area contributed by atoms with Gasteiger partial charge in [-0.05, 0) is 25.7 Å². The lowest BCUT2D eigenvalue weighted by Gasteiger charge is -2.22. The highest BCUT2D eigenvalue weighted by atomic mass is 127. The molecule has 4 N–H and O–H groups in total. The fraction of sp³-hybridized carbons (Fsp3) is 1.00. The van der Waals surface area contributed by atoms with E-state index in [0.29, 0.717) is 12.1 Å². The fourth-order valence-corrected chi connectivity index (χ4v) is 1.14. The van der Waals surface area contributed by atoms with Crippen LogP contribution < -0.4 is 11.5 Å². The van der Waals surface area contributed by atoms with E-state index in [9.17, 15) is 0 Å². The van der Waals surface area contributed by atoms with Crippen molar-refractivity contribution in [1.82, 2.24) is 0 Å². The van der Waals surface area contributed by atoms with Gasteiger partial charge < -0.3 is 11.5 Å². The quantitative estimate of drug-likeness (QED) is 0.618. The van der Waals surface area contributed by atoms with Crippen LogP contribution in [0.4, 0.5) is 0 Å².